The molecular formula is C12H20N2O2. The van der Waals surface area contributed by atoms with E-state index in [1.165, 1.54) is 0 Å². The molecule has 0 saturated carbocycles. The van der Waals surface area contributed by atoms with Crippen LogP contribution >= 0.6 is 0 Å². The maximum Gasteiger partial charge on any atom is 0.134 e. The Morgan fingerprint density at radius 2 is 2.06 bits per heavy atom. The van der Waals surface area contributed by atoms with E-state index in [4.69, 9.17) is 0 Å². The first-order valence-electron chi connectivity index (χ1n) is 5.54. The monoisotopic (exact) mass is 224 g/mol. The van der Waals surface area contributed by atoms with E-state index >= 15 is 0 Å². The number of aliphatic hydroxyl groups is 2. The molecule has 0 bridgehead atoms. The molecule has 4 nitrogen and oxygen atoms in total. The van der Waals surface area contributed by atoms with Crippen LogP contribution in [0.25, 0.3) is 0 Å². The lowest BCUT2D eigenvalue weighted by molar-refractivity contribution is 0.186. The molecule has 0 spiro atoms. The normalized spacial score (nSPS) is 14.6. The van der Waals surface area contributed by atoms with Gasteiger partial charge in [0.2, 0.25) is 0 Å². The average Bonchev–Trinajstić information content (AvgIpc) is 2.25. The van der Waals surface area contributed by atoms with Gasteiger partial charge in [0, 0.05) is 25.4 Å². The predicted molar refractivity (Wildman–Crippen MR) is 64.4 cm³/mol. The quantitative estimate of drug-likeness (QED) is 0.792. The molecule has 90 valence electrons. The van der Waals surface area contributed by atoms with E-state index in [2.05, 4.69) is 4.98 Å². The molecule has 0 aliphatic rings. The minimum atomic E-state index is -0.530. The lowest BCUT2D eigenvalue weighted by atomic mass is 10.1. The maximum absolute atomic E-state index is 9.61. The van der Waals surface area contributed by atoms with Crippen LogP contribution in [-0.2, 0) is 0 Å². The van der Waals surface area contributed by atoms with Crippen LogP contribution in [0.1, 0.15) is 31.9 Å². The van der Waals surface area contributed by atoms with E-state index in [9.17, 15) is 10.2 Å². The Hall–Kier alpha value is -1.13. The van der Waals surface area contributed by atoms with E-state index in [-0.39, 0.29) is 6.10 Å². The molecule has 2 N–H and O–H groups in total. The van der Waals surface area contributed by atoms with Crippen molar-refractivity contribution in [2.24, 2.45) is 0 Å². The molecule has 0 aromatic carbocycles. The highest BCUT2D eigenvalue weighted by atomic mass is 16.3. The van der Waals surface area contributed by atoms with Gasteiger partial charge in [-0.3, -0.25) is 0 Å². The first-order chi connectivity index (χ1) is 7.52. The minimum Gasteiger partial charge on any atom is -0.393 e. The van der Waals surface area contributed by atoms with Crippen LogP contribution in [0, 0.1) is 0 Å². The topological polar surface area (TPSA) is 56.6 Å². The Labute approximate surface area is 96.6 Å². The van der Waals surface area contributed by atoms with Crippen LogP contribution < -0.4 is 4.90 Å². The zero-order valence-corrected chi connectivity index (χ0v) is 10.1. The van der Waals surface area contributed by atoms with Crippen molar-refractivity contribution < 1.29 is 10.2 Å². The Bertz CT molecular complexity index is 327. The number of nitrogens with zero attached hydrogens (tertiary/aromatic N) is 2. The third-order valence-corrected chi connectivity index (χ3v) is 2.51. The van der Waals surface area contributed by atoms with Crippen molar-refractivity contribution in [1.29, 1.82) is 0 Å². The third-order valence-electron chi connectivity index (χ3n) is 2.51. The number of anilines is 1. The molecule has 0 saturated heterocycles. The van der Waals surface area contributed by atoms with Gasteiger partial charge in [-0.05, 0) is 26.3 Å². The summed E-state index contributed by atoms with van der Waals surface area (Å²) in [5.41, 5.74) is 0.815. The van der Waals surface area contributed by atoms with Crippen molar-refractivity contribution in [3.8, 4) is 0 Å². The van der Waals surface area contributed by atoms with Crippen LogP contribution in [-0.4, -0.2) is 34.9 Å². The summed E-state index contributed by atoms with van der Waals surface area (Å²) < 4.78 is 0. The van der Waals surface area contributed by atoms with Crippen molar-refractivity contribution in [3.63, 3.8) is 0 Å². The number of aromatic nitrogens is 1. The third kappa shape index (κ3) is 3.47. The fourth-order valence-electron chi connectivity index (χ4n) is 1.54. The van der Waals surface area contributed by atoms with Gasteiger partial charge >= 0.3 is 0 Å². The van der Waals surface area contributed by atoms with Crippen LogP contribution in [0.15, 0.2) is 18.3 Å². The summed E-state index contributed by atoms with van der Waals surface area (Å²) in [4.78, 5) is 6.22. The van der Waals surface area contributed by atoms with Gasteiger partial charge in [-0.25, -0.2) is 4.98 Å². The van der Waals surface area contributed by atoms with Gasteiger partial charge in [0.15, 0.2) is 0 Å². The lowest BCUT2D eigenvalue weighted by Crippen LogP contribution is -2.24. The first-order valence-corrected chi connectivity index (χ1v) is 5.54. The fourth-order valence-corrected chi connectivity index (χ4v) is 1.54. The molecule has 0 aliphatic heterocycles. The first kappa shape index (κ1) is 12.9. The summed E-state index contributed by atoms with van der Waals surface area (Å²) in [6.07, 6.45) is 1.55. The minimum absolute atomic E-state index is 0.318. The molecule has 0 fully saturated rings. The van der Waals surface area contributed by atoms with Crippen LogP contribution in [0.3, 0.4) is 0 Å². The maximum atomic E-state index is 9.61. The number of aliphatic hydroxyl groups excluding tert-OH is 2. The number of hydrogen-bond donors (Lipinski definition) is 2. The molecule has 0 amide bonds. The van der Waals surface area contributed by atoms with Gasteiger partial charge in [0.1, 0.15) is 5.82 Å². The molecule has 1 heterocycles. The van der Waals surface area contributed by atoms with E-state index in [0.29, 0.717) is 13.0 Å². The highest BCUT2D eigenvalue weighted by Crippen LogP contribution is 2.22. The van der Waals surface area contributed by atoms with Crippen molar-refractivity contribution in [2.75, 3.05) is 18.5 Å². The van der Waals surface area contributed by atoms with Crippen molar-refractivity contribution in [2.45, 2.75) is 32.5 Å². The summed E-state index contributed by atoms with van der Waals surface area (Å²) in [6, 6.07) is 3.68. The second-order valence-corrected chi connectivity index (χ2v) is 4.15. The largest absolute Gasteiger partial charge is 0.393 e. The second kappa shape index (κ2) is 5.82. The lowest BCUT2D eigenvalue weighted by Gasteiger charge is -2.22. The molecule has 2 atom stereocenters. The van der Waals surface area contributed by atoms with E-state index in [1.807, 2.05) is 24.1 Å². The van der Waals surface area contributed by atoms with E-state index in [1.54, 1.807) is 20.0 Å². The van der Waals surface area contributed by atoms with E-state index in [0.717, 1.165) is 11.4 Å². The standard InChI is InChI=1S/C12H20N2O2/c1-9(15)6-8-14(3)12-11(10(2)16)5-4-7-13-12/h4-5,7,9-10,15-16H,6,8H2,1-3H3/t9?,10-/m1/s1. The van der Waals surface area contributed by atoms with Crippen molar-refractivity contribution in [3.05, 3.63) is 23.9 Å². The molecule has 1 unspecified atom stereocenters. The Balaban J connectivity index is 2.77. The Kier molecular flexibility index (Phi) is 4.71. The molecular weight excluding hydrogens is 204 g/mol. The Morgan fingerprint density at radius 1 is 1.38 bits per heavy atom. The zero-order chi connectivity index (χ0) is 12.1. The van der Waals surface area contributed by atoms with Gasteiger partial charge in [-0.15, -0.1) is 0 Å². The van der Waals surface area contributed by atoms with Gasteiger partial charge in [0.05, 0.1) is 12.2 Å². The SMILES string of the molecule is CC(O)CCN(C)c1ncccc1[C@@H](C)O. The summed E-state index contributed by atoms with van der Waals surface area (Å²) in [5.74, 6) is 0.776. The van der Waals surface area contributed by atoms with Crippen LogP contribution in [0.4, 0.5) is 5.82 Å². The molecule has 0 aliphatic carbocycles. The van der Waals surface area contributed by atoms with Crippen molar-refractivity contribution in [1.82, 2.24) is 4.98 Å². The highest BCUT2D eigenvalue weighted by Gasteiger charge is 2.12. The molecule has 1 aromatic heterocycles. The van der Waals surface area contributed by atoms with Gasteiger partial charge in [-0.1, -0.05) is 6.07 Å². The van der Waals surface area contributed by atoms with Crippen LogP contribution in [0.5, 0.6) is 0 Å². The molecule has 1 aromatic rings. The van der Waals surface area contributed by atoms with Crippen molar-refractivity contribution >= 4 is 5.82 Å². The van der Waals surface area contributed by atoms with Gasteiger partial charge in [0.25, 0.3) is 0 Å². The molecule has 16 heavy (non-hydrogen) atoms. The predicted octanol–water partition coefficient (Wildman–Crippen LogP) is 1.34. The summed E-state index contributed by atoms with van der Waals surface area (Å²) >= 11 is 0. The summed E-state index contributed by atoms with van der Waals surface area (Å²) in [5, 5.41) is 18.8. The second-order valence-electron chi connectivity index (χ2n) is 4.15. The summed E-state index contributed by atoms with van der Waals surface area (Å²) in [7, 11) is 1.91. The highest BCUT2D eigenvalue weighted by molar-refractivity contribution is 5.46. The number of rotatable bonds is 5. The number of pyridine rings is 1. The average molecular weight is 224 g/mol. The van der Waals surface area contributed by atoms with Crippen LogP contribution in [0.2, 0.25) is 0 Å². The van der Waals surface area contributed by atoms with Gasteiger partial charge < -0.3 is 15.1 Å². The Morgan fingerprint density at radius 3 is 2.62 bits per heavy atom. The van der Waals surface area contributed by atoms with Gasteiger partial charge in [-0.2, -0.15) is 0 Å². The molecule has 4 heteroatoms. The number of hydrogen-bond acceptors (Lipinski definition) is 4. The van der Waals surface area contributed by atoms with E-state index < -0.39 is 6.10 Å². The smallest absolute Gasteiger partial charge is 0.134 e. The fraction of sp³-hybridized carbons (Fsp3) is 0.583. The molecule has 1 rings (SSSR count). The summed E-state index contributed by atoms with van der Waals surface area (Å²) in [6.45, 7) is 4.21. The molecule has 0 radical (unpaired) electrons. The zero-order valence-electron chi connectivity index (χ0n) is 10.1.